The minimum atomic E-state index is 0.424. The molecular weight excluding hydrogens is 266 g/mol. The summed E-state index contributed by atoms with van der Waals surface area (Å²) in [4.78, 5) is 7.17. The van der Waals surface area contributed by atoms with Crippen LogP contribution in [0, 0.1) is 0 Å². The predicted molar refractivity (Wildman–Crippen MR) is 86.1 cm³/mol. The summed E-state index contributed by atoms with van der Waals surface area (Å²) in [6, 6.07) is 14.5. The SMILES string of the molecule is NC(=S)c1ccnc(N2CCC(c3ccccc3)C2)c1. The second-order valence-electron chi connectivity index (χ2n) is 5.11. The Labute approximate surface area is 124 Å². The minimum Gasteiger partial charge on any atom is -0.389 e. The van der Waals surface area contributed by atoms with Crippen molar-refractivity contribution in [1.82, 2.24) is 4.98 Å². The molecule has 1 aromatic carbocycles. The third kappa shape index (κ3) is 2.65. The molecule has 0 spiro atoms. The average molecular weight is 283 g/mol. The van der Waals surface area contributed by atoms with Gasteiger partial charge in [-0.3, -0.25) is 0 Å². The first kappa shape index (κ1) is 13.1. The largest absolute Gasteiger partial charge is 0.389 e. The molecule has 2 N–H and O–H groups in total. The number of nitrogens with two attached hydrogens (primary N) is 1. The van der Waals surface area contributed by atoms with E-state index in [1.165, 1.54) is 5.56 Å². The number of rotatable bonds is 3. The van der Waals surface area contributed by atoms with Gasteiger partial charge in [0.05, 0.1) is 0 Å². The molecule has 1 atom stereocenters. The van der Waals surface area contributed by atoms with E-state index in [9.17, 15) is 0 Å². The van der Waals surface area contributed by atoms with Crippen molar-refractivity contribution in [2.24, 2.45) is 5.73 Å². The van der Waals surface area contributed by atoms with E-state index in [1.807, 2.05) is 12.1 Å². The van der Waals surface area contributed by atoms with Crippen LogP contribution >= 0.6 is 12.2 Å². The summed E-state index contributed by atoms with van der Waals surface area (Å²) in [5.41, 5.74) is 7.97. The van der Waals surface area contributed by atoms with Gasteiger partial charge in [-0.05, 0) is 24.1 Å². The van der Waals surface area contributed by atoms with Crippen LogP contribution in [0.2, 0.25) is 0 Å². The molecule has 2 heterocycles. The summed E-state index contributed by atoms with van der Waals surface area (Å²) >= 11 is 5.03. The van der Waals surface area contributed by atoms with E-state index in [-0.39, 0.29) is 0 Å². The molecule has 102 valence electrons. The molecule has 1 aromatic heterocycles. The lowest BCUT2D eigenvalue weighted by Gasteiger charge is -2.18. The van der Waals surface area contributed by atoms with Crippen molar-refractivity contribution in [3.63, 3.8) is 0 Å². The van der Waals surface area contributed by atoms with Gasteiger partial charge in [-0.1, -0.05) is 42.5 Å². The first-order valence-electron chi connectivity index (χ1n) is 6.80. The van der Waals surface area contributed by atoms with E-state index < -0.39 is 0 Å². The Hall–Kier alpha value is -1.94. The highest BCUT2D eigenvalue weighted by atomic mass is 32.1. The van der Waals surface area contributed by atoms with E-state index >= 15 is 0 Å². The highest BCUT2D eigenvalue weighted by molar-refractivity contribution is 7.80. The third-order valence-corrected chi connectivity index (χ3v) is 4.05. The smallest absolute Gasteiger partial charge is 0.129 e. The Morgan fingerprint density at radius 3 is 2.80 bits per heavy atom. The molecule has 3 nitrogen and oxygen atoms in total. The first-order chi connectivity index (χ1) is 9.74. The van der Waals surface area contributed by atoms with Gasteiger partial charge in [-0.15, -0.1) is 0 Å². The standard InChI is InChI=1S/C16H17N3S/c17-16(20)13-6-8-18-15(10-13)19-9-7-14(11-19)12-4-2-1-3-5-12/h1-6,8,10,14H,7,9,11H2,(H2,17,20). The molecule has 4 heteroatoms. The molecule has 1 aliphatic heterocycles. The molecule has 1 unspecified atom stereocenters. The molecule has 0 aliphatic carbocycles. The highest BCUT2D eigenvalue weighted by Crippen LogP contribution is 2.29. The van der Waals surface area contributed by atoms with E-state index in [0.717, 1.165) is 30.9 Å². The van der Waals surface area contributed by atoms with Crippen molar-refractivity contribution in [3.05, 3.63) is 59.8 Å². The van der Waals surface area contributed by atoms with Crippen molar-refractivity contribution in [3.8, 4) is 0 Å². The number of pyridine rings is 1. The Balaban J connectivity index is 1.77. The van der Waals surface area contributed by atoms with Crippen molar-refractivity contribution in [2.45, 2.75) is 12.3 Å². The van der Waals surface area contributed by atoms with Crippen LogP contribution in [0.25, 0.3) is 0 Å². The fourth-order valence-electron chi connectivity index (χ4n) is 2.71. The van der Waals surface area contributed by atoms with E-state index in [2.05, 4.69) is 40.2 Å². The maximum Gasteiger partial charge on any atom is 0.129 e. The van der Waals surface area contributed by atoms with Gasteiger partial charge in [0.1, 0.15) is 10.8 Å². The summed E-state index contributed by atoms with van der Waals surface area (Å²) < 4.78 is 0. The Bertz CT molecular complexity index is 612. The summed E-state index contributed by atoms with van der Waals surface area (Å²) in [6.45, 7) is 2.02. The van der Waals surface area contributed by atoms with E-state index in [0.29, 0.717) is 10.9 Å². The van der Waals surface area contributed by atoms with Crippen LogP contribution in [-0.4, -0.2) is 23.1 Å². The molecule has 0 radical (unpaired) electrons. The van der Waals surface area contributed by atoms with E-state index in [4.69, 9.17) is 18.0 Å². The lowest BCUT2D eigenvalue weighted by molar-refractivity contribution is 0.774. The van der Waals surface area contributed by atoms with Gasteiger partial charge >= 0.3 is 0 Å². The number of thiocarbonyl (C=S) groups is 1. The molecule has 0 bridgehead atoms. The van der Waals surface area contributed by atoms with Crippen LogP contribution in [0.15, 0.2) is 48.7 Å². The van der Waals surface area contributed by atoms with Crippen molar-refractivity contribution >= 4 is 23.0 Å². The van der Waals surface area contributed by atoms with Crippen LogP contribution in [0.3, 0.4) is 0 Å². The first-order valence-corrected chi connectivity index (χ1v) is 7.20. The van der Waals surface area contributed by atoms with Crippen LogP contribution in [-0.2, 0) is 0 Å². The number of anilines is 1. The van der Waals surface area contributed by atoms with Crippen molar-refractivity contribution in [2.75, 3.05) is 18.0 Å². The normalized spacial score (nSPS) is 18.2. The molecule has 1 saturated heterocycles. The monoisotopic (exact) mass is 283 g/mol. The van der Waals surface area contributed by atoms with Crippen LogP contribution in [0.5, 0.6) is 0 Å². The van der Waals surface area contributed by atoms with Crippen LogP contribution in [0.4, 0.5) is 5.82 Å². The van der Waals surface area contributed by atoms with Crippen LogP contribution < -0.4 is 10.6 Å². The minimum absolute atomic E-state index is 0.424. The summed E-state index contributed by atoms with van der Waals surface area (Å²) in [6.07, 6.45) is 2.93. The molecule has 0 amide bonds. The number of benzene rings is 1. The zero-order chi connectivity index (χ0) is 13.9. The second kappa shape index (κ2) is 5.59. The number of hydrogen-bond acceptors (Lipinski definition) is 3. The zero-order valence-corrected chi connectivity index (χ0v) is 12.0. The van der Waals surface area contributed by atoms with E-state index in [1.54, 1.807) is 6.20 Å². The van der Waals surface area contributed by atoms with Gasteiger partial charge in [0.15, 0.2) is 0 Å². The number of hydrogen-bond donors (Lipinski definition) is 1. The van der Waals surface area contributed by atoms with Gasteiger partial charge in [-0.2, -0.15) is 0 Å². The van der Waals surface area contributed by atoms with Gasteiger partial charge in [0.2, 0.25) is 0 Å². The summed E-state index contributed by atoms with van der Waals surface area (Å²) in [5, 5.41) is 0. The molecular formula is C16H17N3S. The topological polar surface area (TPSA) is 42.1 Å². The fourth-order valence-corrected chi connectivity index (χ4v) is 2.84. The highest BCUT2D eigenvalue weighted by Gasteiger charge is 2.24. The zero-order valence-electron chi connectivity index (χ0n) is 11.2. The molecule has 3 rings (SSSR count). The quantitative estimate of drug-likeness (QED) is 0.880. The van der Waals surface area contributed by atoms with Gasteiger partial charge < -0.3 is 10.6 Å². The second-order valence-corrected chi connectivity index (χ2v) is 5.55. The summed E-state index contributed by atoms with van der Waals surface area (Å²) in [5.74, 6) is 1.54. The number of nitrogens with zero attached hydrogens (tertiary/aromatic N) is 2. The molecule has 1 aliphatic rings. The van der Waals surface area contributed by atoms with Crippen molar-refractivity contribution in [1.29, 1.82) is 0 Å². The Morgan fingerprint density at radius 1 is 1.25 bits per heavy atom. The maximum absolute atomic E-state index is 5.68. The molecule has 20 heavy (non-hydrogen) atoms. The Morgan fingerprint density at radius 2 is 2.05 bits per heavy atom. The number of aromatic nitrogens is 1. The van der Waals surface area contributed by atoms with Gasteiger partial charge in [-0.25, -0.2) is 4.98 Å². The molecule has 2 aromatic rings. The average Bonchev–Trinajstić information content (AvgIpc) is 2.98. The molecule has 0 saturated carbocycles. The lowest BCUT2D eigenvalue weighted by atomic mass is 9.99. The predicted octanol–water partition coefficient (Wildman–Crippen LogP) is 2.71. The van der Waals surface area contributed by atoms with Gasteiger partial charge in [0, 0.05) is 30.8 Å². The lowest BCUT2D eigenvalue weighted by Crippen LogP contribution is -2.21. The van der Waals surface area contributed by atoms with Crippen molar-refractivity contribution < 1.29 is 0 Å². The van der Waals surface area contributed by atoms with Gasteiger partial charge in [0.25, 0.3) is 0 Å². The fraction of sp³-hybridized carbons (Fsp3) is 0.250. The molecule has 1 fully saturated rings. The Kier molecular flexibility index (Phi) is 3.65. The third-order valence-electron chi connectivity index (χ3n) is 3.81. The maximum atomic E-state index is 5.68. The summed E-state index contributed by atoms with van der Waals surface area (Å²) in [7, 11) is 0. The van der Waals surface area contributed by atoms with Crippen LogP contribution in [0.1, 0.15) is 23.5 Å².